The van der Waals surface area contributed by atoms with Crippen LogP contribution in [-0.4, -0.2) is 18.1 Å². The molecule has 0 spiro atoms. The summed E-state index contributed by atoms with van der Waals surface area (Å²) in [6.45, 7) is 4.38. The zero-order valence-corrected chi connectivity index (χ0v) is 9.87. The SMILES string of the molecule is CCC(C)N(C)c1ccc(Br)cn1. The highest BCUT2D eigenvalue weighted by atomic mass is 79.9. The molecule has 1 aromatic rings. The second kappa shape index (κ2) is 4.61. The van der Waals surface area contributed by atoms with Gasteiger partial charge in [0.25, 0.3) is 0 Å². The summed E-state index contributed by atoms with van der Waals surface area (Å²) in [5.74, 6) is 1.03. The molecule has 0 N–H and O–H groups in total. The minimum Gasteiger partial charge on any atom is -0.357 e. The molecule has 1 aromatic heterocycles. The number of halogens is 1. The van der Waals surface area contributed by atoms with Crippen LogP contribution in [-0.2, 0) is 0 Å². The summed E-state index contributed by atoms with van der Waals surface area (Å²) < 4.78 is 1.02. The Hall–Kier alpha value is -0.570. The monoisotopic (exact) mass is 242 g/mol. The summed E-state index contributed by atoms with van der Waals surface area (Å²) in [6.07, 6.45) is 2.96. The van der Waals surface area contributed by atoms with Gasteiger partial charge in [0, 0.05) is 23.8 Å². The average molecular weight is 243 g/mol. The Kier molecular flexibility index (Phi) is 3.72. The van der Waals surface area contributed by atoms with E-state index in [4.69, 9.17) is 0 Å². The van der Waals surface area contributed by atoms with Crippen molar-refractivity contribution in [2.75, 3.05) is 11.9 Å². The van der Waals surface area contributed by atoms with Gasteiger partial charge in [-0.1, -0.05) is 6.92 Å². The minimum absolute atomic E-state index is 0.536. The van der Waals surface area contributed by atoms with Gasteiger partial charge in [-0.15, -0.1) is 0 Å². The maximum Gasteiger partial charge on any atom is 0.128 e. The molecule has 1 atom stereocenters. The van der Waals surface area contributed by atoms with Crippen molar-refractivity contribution in [1.29, 1.82) is 0 Å². The normalized spacial score (nSPS) is 12.6. The Morgan fingerprint density at radius 1 is 1.54 bits per heavy atom. The van der Waals surface area contributed by atoms with Crippen molar-refractivity contribution in [1.82, 2.24) is 4.98 Å². The van der Waals surface area contributed by atoms with Crippen molar-refractivity contribution in [3.05, 3.63) is 22.8 Å². The third-order valence-electron chi connectivity index (χ3n) is 2.33. The van der Waals surface area contributed by atoms with E-state index in [1.165, 1.54) is 0 Å². The molecule has 0 amide bonds. The van der Waals surface area contributed by atoms with E-state index in [0.717, 1.165) is 16.7 Å². The molecule has 0 bridgehead atoms. The Morgan fingerprint density at radius 2 is 2.23 bits per heavy atom. The highest BCUT2D eigenvalue weighted by Crippen LogP contribution is 2.16. The fourth-order valence-corrected chi connectivity index (χ4v) is 1.31. The molecule has 0 fully saturated rings. The van der Waals surface area contributed by atoms with E-state index in [0.29, 0.717) is 6.04 Å². The number of hydrogen-bond acceptors (Lipinski definition) is 2. The number of hydrogen-bond donors (Lipinski definition) is 0. The lowest BCUT2D eigenvalue weighted by Crippen LogP contribution is -2.28. The molecule has 0 aliphatic rings. The van der Waals surface area contributed by atoms with Crippen LogP contribution < -0.4 is 4.90 Å². The standard InChI is InChI=1S/C10H15BrN2/c1-4-8(2)13(3)10-6-5-9(11)7-12-10/h5-8H,4H2,1-3H3. The molecule has 13 heavy (non-hydrogen) atoms. The average Bonchev–Trinajstić information content (AvgIpc) is 2.17. The minimum atomic E-state index is 0.536. The van der Waals surface area contributed by atoms with E-state index in [2.05, 4.69) is 46.7 Å². The first-order valence-corrected chi connectivity index (χ1v) is 5.28. The van der Waals surface area contributed by atoms with Crippen molar-refractivity contribution in [3.8, 4) is 0 Å². The topological polar surface area (TPSA) is 16.1 Å². The van der Waals surface area contributed by atoms with Gasteiger partial charge in [0.15, 0.2) is 0 Å². The molecule has 1 heterocycles. The molecule has 0 aromatic carbocycles. The lowest BCUT2D eigenvalue weighted by molar-refractivity contribution is 0.657. The summed E-state index contributed by atoms with van der Waals surface area (Å²) in [5.41, 5.74) is 0. The lowest BCUT2D eigenvalue weighted by Gasteiger charge is -2.24. The maximum atomic E-state index is 4.33. The molecule has 0 saturated carbocycles. The Labute approximate surface area is 88.1 Å². The van der Waals surface area contributed by atoms with Gasteiger partial charge in [0.2, 0.25) is 0 Å². The molecule has 0 radical (unpaired) electrons. The highest BCUT2D eigenvalue weighted by Gasteiger charge is 2.07. The van der Waals surface area contributed by atoms with Crippen LogP contribution in [0.4, 0.5) is 5.82 Å². The van der Waals surface area contributed by atoms with Crippen LogP contribution in [0.3, 0.4) is 0 Å². The molecular formula is C10H15BrN2. The van der Waals surface area contributed by atoms with Crippen LogP contribution in [0, 0.1) is 0 Å². The second-order valence-electron chi connectivity index (χ2n) is 3.20. The first-order chi connectivity index (χ1) is 6.15. The fourth-order valence-electron chi connectivity index (χ4n) is 1.08. The Balaban J connectivity index is 2.77. The number of aromatic nitrogens is 1. The molecule has 2 nitrogen and oxygen atoms in total. The third-order valence-corrected chi connectivity index (χ3v) is 2.79. The summed E-state index contributed by atoms with van der Waals surface area (Å²) >= 11 is 3.37. The largest absolute Gasteiger partial charge is 0.357 e. The quantitative estimate of drug-likeness (QED) is 0.810. The Bertz CT molecular complexity index is 258. The van der Waals surface area contributed by atoms with Crippen LogP contribution in [0.1, 0.15) is 20.3 Å². The van der Waals surface area contributed by atoms with Gasteiger partial charge in [0.1, 0.15) is 5.82 Å². The van der Waals surface area contributed by atoms with Crippen molar-refractivity contribution in [2.24, 2.45) is 0 Å². The van der Waals surface area contributed by atoms with E-state index in [1.807, 2.05) is 18.3 Å². The lowest BCUT2D eigenvalue weighted by atomic mass is 10.2. The van der Waals surface area contributed by atoms with E-state index in [9.17, 15) is 0 Å². The summed E-state index contributed by atoms with van der Waals surface area (Å²) in [7, 11) is 2.07. The van der Waals surface area contributed by atoms with Crippen molar-refractivity contribution < 1.29 is 0 Å². The van der Waals surface area contributed by atoms with Gasteiger partial charge in [-0.05, 0) is 41.4 Å². The van der Waals surface area contributed by atoms with Gasteiger partial charge in [-0.3, -0.25) is 0 Å². The molecule has 1 rings (SSSR count). The highest BCUT2D eigenvalue weighted by molar-refractivity contribution is 9.10. The second-order valence-corrected chi connectivity index (χ2v) is 4.12. The summed E-state index contributed by atoms with van der Waals surface area (Å²) in [5, 5.41) is 0. The molecule has 0 aliphatic carbocycles. The smallest absolute Gasteiger partial charge is 0.128 e. The van der Waals surface area contributed by atoms with Gasteiger partial charge < -0.3 is 4.90 Å². The molecular weight excluding hydrogens is 228 g/mol. The van der Waals surface area contributed by atoms with E-state index >= 15 is 0 Å². The number of pyridine rings is 1. The van der Waals surface area contributed by atoms with Crippen molar-refractivity contribution in [3.63, 3.8) is 0 Å². The maximum absolute atomic E-state index is 4.33. The third kappa shape index (κ3) is 2.69. The van der Waals surface area contributed by atoms with Gasteiger partial charge in [-0.25, -0.2) is 4.98 Å². The van der Waals surface area contributed by atoms with Crippen LogP contribution in [0.2, 0.25) is 0 Å². The molecule has 0 aliphatic heterocycles. The van der Waals surface area contributed by atoms with Crippen LogP contribution >= 0.6 is 15.9 Å². The molecule has 1 unspecified atom stereocenters. The van der Waals surface area contributed by atoms with Crippen LogP contribution in [0.25, 0.3) is 0 Å². The van der Waals surface area contributed by atoms with Gasteiger partial charge >= 0.3 is 0 Å². The number of nitrogens with zero attached hydrogens (tertiary/aromatic N) is 2. The fraction of sp³-hybridized carbons (Fsp3) is 0.500. The van der Waals surface area contributed by atoms with E-state index in [1.54, 1.807) is 0 Å². The zero-order valence-electron chi connectivity index (χ0n) is 8.29. The molecule has 72 valence electrons. The Morgan fingerprint density at radius 3 is 2.69 bits per heavy atom. The zero-order chi connectivity index (χ0) is 9.84. The van der Waals surface area contributed by atoms with E-state index < -0.39 is 0 Å². The molecule has 0 saturated heterocycles. The summed E-state index contributed by atoms with van der Waals surface area (Å²) in [4.78, 5) is 6.51. The van der Waals surface area contributed by atoms with Gasteiger partial charge in [0.05, 0.1) is 0 Å². The predicted octanol–water partition coefficient (Wildman–Crippen LogP) is 3.08. The van der Waals surface area contributed by atoms with Crippen LogP contribution in [0.15, 0.2) is 22.8 Å². The van der Waals surface area contributed by atoms with Crippen LogP contribution in [0.5, 0.6) is 0 Å². The summed E-state index contributed by atoms with van der Waals surface area (Å²) in [6, 6.07) is 4.57. The van der Waals surface area contributed by atoms with Gasteiger partial charge in [-0.2, -0.15) is 0 Å². The first kappa shape index (κ1) is 10.5. The first-order valence-electron chi connectivity index (χ1n) is 4.49. The van der Waals surface area contributed by atoms with Crippen molar-refractivity contribution in [2.45, 2.75) is 26.3 Å². The number of anilines is 1. The predicted molar refractivity (Wildman–Crippen MR) is 60.1 cm³/mol. The van der Waals surface area contributed by atoms with E-state index in [-0.39, 0.29) is 0 Å². The number of rotatable bonds is 3. The molecule has 3 heteroatoms. The van der Waals surface area contributed by atoms with Crippen molar-refractivity contribution >= 4 is 21.7 Å².